The molecule has 4 rings (SSSR count). The second-order valence-corrected chi connectivity index (χ2v) is 7.47. The summed E-state index contributed by atoms with van der Waals surface area (Å²) in [7, 11) is 0. The molecular formula is C22H27N3O. The summed E-state index contributed by atoms with van der Waals surface area (Å²) >= 11 is 0. The van der Waals surface area contributed by atoms with Gasteiger partial charge < -0.3 is 10.2 Å². The molecule has 2 heterocycles. The van der Waals surface area contributed by atoms with Gasteiger partial charge in [-0.2, -0.15) is 0 Å². The van der Waals surface area contributed by atoms with Crippen molar-refractivity contribution < 1.29 is 4.79 Å². The topological polar surface area (TPSA) is 35.6 Å². The van der Waals surface area contributed by atoms with Crippen molar-refractivity contribution in [1.29, 1.82) is 0 Å². The molecule has 0 aliphatic carbocycles. The van der Waals surface area contributed by atoms with Gasteiger partial charge in [0.2, 0.25) is 5.91 Å². The van der Waals surface area contributed by atoms with Crippen molar-refractivity contribution in [1.82, 2.24) is 4.90 Å². The van der Waals surface area contributed by atoms with Gasteiger partial charge in [0.05, 0.1) is 6.54 Å². The summed E-state index contributed by atoms with van der Waals surface area (Å²) in [5.74, 6) is 0.0673. The van der Waals surface area contributed by atoms with Gasteiger partial charge in [0.1, 0.15) is 0 Å². The molecule has 0 unspecified atom stereocenters. The Morgan fingerprint density at radius 1 is 1.04 bits per heavy atom. The molecular weight excluding hydrogens is 322 g/mol. The first-order valence-corrected chi connectivity index (χ1v) is 9.63. The lowest BCUT2D eigenvalue weighted by molar-refractivity contribution is -0.117. The van der Waals surface area contributed by atoms with Crippen molar-refractivity contribution in [2.45, 2.75) is 32.7 Å². The molecule has 0 aromatic heterocycles. The van der Waals surface area contributed by atoms with E-state index in [9.17, 15) is 4.79 Å². The normalized spacial score (nSPS) is 17.2. The monoisotopic (exact) mass is 349 g/mol. The third-order valence-electron chi connectivity index (χ3n) is 5.50. The quantitative estimate of drug-likeness (QED) is 0.916. The Kier molecular flexibility index (Phi) is 4.93. The van der Waals surface area contributed by atoms with Gasteiger partial charge >= 0.3 is 0 Å². The first-order valence-electron chi connectivity index (χ1n) is 9.63. The second-order valence-electron chi connectivity index (χ2n) is 7.47. The van der Waals surface area contributed by atoms with E-state index in [0.717, 1.165) is 38.3 Å². The molecule has 2 aromatic carbocycles. The maximum atomic E-state index is 12.5. The van der Waals surface area contributed by atoms with Crippen LogP contribution in [-0.2, 0) is 17.8 Å². The van der Waals surface area contributed by atoms with Crippen LogP contribution in [0.4, 0.5) is 11.4 Å². The lowest BCUT2D eigenvalue weighted by Gasteiger charge is -2.28. The number of nitrogens with one attached hydrogen (secondary N) is 1. The molecule has 0 radical (unpaired) electrons. The molecule has 0 bridgehead atoms. The molecule has 4 nitrogen and oxygen atoms in total. The van der Waals surface area contributed by atoms with Gasteiger partial charge in [0.25, 0.3) is 0 Å². The minimum absolute atomic E-state index is 0.0673. The van der Waals surface area contributed by atoms with E-state index in [1.807, 2.05) is 6.07 Å². The first kappa shape index (κ1) is 17.1. The number of benzene rings is 2. The minimum Gasteiger partial charge on any atom is -0.371 e. The highest BCUT2D eigenvalue weighted by Crippen LogP contribution is 2.26. The number of carbonyl (C=O) groups excluding carboxylic acids is 1. The van der Waals surface area contributed by atoms with Crippen LogP contribution >= 0.6 is 0 Å². The fourth-order valence-corrected chi connectivity index (χ4v) is 4.14. The zero-order valence-corrected chi connectivity index (χ0v) is 15.5. The van der Waals surface area contributed by atoms with Crippen molar-refractivity contribution in [3.63, 3.8) is 0 Å². The Labute approximate surface area is 155 Å². The number of nitrogens with zero attached hydrogens (tertiary/aromatic N) is 2. The largest absolute Gasteiger partial charge is 0.371 e. The Morgan fingerprint density at radius 3 is 2.58 bits per heavy atom. The van der Waals surface area contributed by atoms with Crippen LogP contribution in [0, 0.1) is 6.92 Å². The van der Waals surface area contributed by atoms with Crippen LogP contribution < -0.4 is 10.2 Å². The van der Waals surface area contributed by atoms with Crippen LogP contribution in [0.2, 0.25) is 0 Å². The highest BCUT2D eigenvalue weighted by Gasteiger charge is 2.19. The standard InChI is InChI=1S/C22H27N3O/c1-17-14-20(8-9-21(17)25-11-4-5-12-25)23-22(26)16-24-13-10-18-6-2-3-7-19(18)15-24/h2-3,6-9,14H,4-5,10-13,15-16H2,1H3,(H,23,26). The van der Waals surface area contributed by atoms with E-state index >= 15 is 0 Å². The van der Waals surface area contributed by atoms with Crippen molar-refractivity contribution in [3.8, 4) is 0 Å². The van der Waals surface area contributed by atoms with E-state index in [-0.39, 0.29) is 5.91 Å². The van der Waals surface area contributed by atoms with Crippen LogP contribution in [0.1, 0.15) is 29.5 Å². The molecule has 0 saturated carbocycles. The lowest BCUT2D eigenvalue weighted by Crippen LogP contribution is -2.37. The van der Waals surface area contributed by atoms with Crippen molar-refractivity contribution in [2.24, 2.45) is 0 Å². The third-order valence-corrected chi connectivity index (χ3v) is 5.50. The van der Waals surface area contributed by atoms with E-state index in [0.29, 0.717) is 6.54 Å². The Hall–Kier alpha value is -2.33. The predicted molar refractivity (Wildman–Crippen MR) is 107 cm³/mol. The van der Waals surface area contributed by atoms with E-state index in [1.165, 1.54) is 35.2 Å². The summed E-state index contributed by atoms with van der Waals surface area (Å²) < 4.78 is 0. The minimum atomic E-state index is 0.0673. The molecule has 0 spiro atoms. The first-order chi connectivity index (χ1) is 12.7. The molecule has 4 heteroatoms. The summed E-state index contributed by atoms with van der Waals surface area (Å²) in [4.78, 5) is 17.1. The number of aryl methyl sites for hydroxylation is 1. The van der Waals surface area contributed by atoms with Crippen LogP contribution in [0.25, 0.3) is 0 Å². The van der Waals surface area contributed by atoms with E-state index < -0.39 is 0 Å². The Balaban J connectivity index is 1.36. The zero-order chi connectivity index (χ0) is 17.9. The molecule has 26 heavy (non-hydrogen) atoms. The summed E-state index contributed by atoms with van der Waals surface area (Å²) in [5, 5.41) is 3.07. The second kappa shape index (κ2) is 7.50. The predicted octanol–water partition coefficient (Wildman–Crippen LogP) is 3.59. The smallest absolute Gasteiger partial charge is 0.238 e. The molecule has 2 aliphatic rings. The fourth-order valence-electron chi connectivity index (χ4n) is 4.14. The van der Waals surface area contributed by atoms with Gasteiger partial charge in [-0.3, -0.25) is 9.69 Å². The molecule has 1 saturated heterocycles. The van der Waals surface area contributed by atoms with Crippen LogP contribution in [0.15, 0.2) is 42.5 Å². The van der Waals surface area contributed by atoms with Gasteiger partial charge in [-0.05, 0) is 61.1 Å². The number of fused-ring (bicyclic) bond motifs is 1. The van der Waals surface area contributed by atoms with Gasteiger partial charge in [-0.25, -0.2) is 0 Å². The van der Waals surface area contributed by atoms with Crippen molar-refractivity contribution >= 4 is 17.3 Å². The summed E-state index contributed by atoms with van der Waals surface area (Å²) in [6.07, 6.45) is 3.57. The summed E-state index contributed by atoms with van der Waals surface area (Å²) in [6.45, 7) is 6.66. The van der Waals surface area contributed by atoms with Gasteiger partial charge in [0, 0.05) is 37.6 Å². The van der Waals surface area contributed by atoms with Crippen LogP contribution in [0.3, 0.4) is 0 Å². The third kappa shape index (κ3) is 3.75. The molecule has 1 amide bonds. The van der Waals surface area contributed by atoms with Gasteiger partial charge in [-0.1, -0.05) is 24.3 Å². The molecule has 1 fully saturated rings. The molecule has 136 valence electrons. The van der Waals surface area contributed by atoms with Gasteiger partial charge in [0.15, 0.2) is 0 Å². The lowest BCUT2D eigenvalue weighted by atomic mass is 10.00. The van der Waals surface area contributed by atoms with Gasteiger partial charge in [-0.15, -0.1) is 0 Å². The zero-order valence-electron chi connectivity index (χ0n) is 15.5. The molecule has 2 aliphatic heterocycles. The molecule has 1 N–H and O–H groups in total. The highest BCUT2D eigenvalue weighted by atomic mass is 16.2. The fraction of sp³-hybridized carbons (Fsp3) is 0.409. The summed E-state index contributed by atoms with van der Waals surface area (Å²) in [5.41, 5.74) is 6.19. The Morgan fingerprint density at radius 2 is 1.81 bits per heavy atom. The number of anilines is 2. The average molecular weight is 349 g/mol. The van der Waals surface area contributed by atoms with Crippen molar-refractivity contribution in [3.05, 3.63) is 59.2 Å². The van der Waals surface area contributed by atoms with E-state index in [2.05, 4.69) is 58.4 Å². The average Bonchev–Trinajstić information content (AvgIpc) is 3.16. The van der Waals surface area contributed by atoms with Crippen LogP contribution in [-0.4, -0.2) is 37.0 Å². The maximum absolute atomic E-state index is 12.5. The number of hydrogen-bond acceptors (Lipinski definition) is 3. The van der Waals surface area contributed by atoms with Crippen LogP contribution in [0.5, 0.6) is 0 Å². The Bertz CT molecular complexity index is 796. The SMILES string of the molecule is Cc1cc(NC(=O)CN2CCc3ccccc3C2)ccc1N1CCCC1. The van der Waals surface area contributed by atoms with E-state index in [1.54, 1.807) is 0 Å². The number of rotatable bonds is 4. The number of amides is 1. The molecule has 2 aromatic rings. The highest BCUT2D eigenvalue weighted by molar-refractivity contribution is 5.92. The van der Waals surface area contributed by atoms with E-state index in [4.69, 9.17) is 0 Å². The maximum Gasteiger partial charge on any atom is 0.238 e. The summed E-state index contributed by atoms with van der Waals surface area (Å²) in [6, 6.07) is 14.8. The molecule has 0 atom stereocenters. The number of carbonyl (C=O) groups is 1. The number of hydrogen-bond donors (Lipinski definition) is 1. The van der Waals surface area contributed by atoms with Crippen molar-refractivity contribution in [2.75, 3.05) is 36.4 Å².